The topological polar surface area (TPSA) is 127 Å². The summed E-state index contributed by atoms with van der Waals surface area (Å²) in [6.07, 6.45) is 3.29. The third-order valence-electron chi connectivity index (χ3n) is 6.69. The fraction of sp³-hybridized carbons (Fsp3) is 0.345. The molecule has 2 amide bonds. The molecule has 1 saturated heterocycles. The number of pyridine rings is 1. The highest BCUT2D eigenvalue weighted by atomic mass is 32.2. The molecule has 1 fully saturated rings. The smallest absolute Gasteiger partial charge is 0.261 e. The molecule has 12 heteroatoms. The number of morpholine rings is 1. The molecule has 41 heavy (non-hydrogen) atoms. The molecule has 0 saturated carbocycles. The summed E-state index contributed by atoms with van der Waals surface area (Å²) >= 11 is 0. The number of ether oxygens (including phenoxy) is 3. The fourth-order valence-electron chi connectivity index (χ4n) is 4.22. The normalized spacial score (nSPS) is 14.6. The van der Waals surface area contributed by atoms with Gasteiger partial charge >= 0.3 is 0 Å². The quantitative estimate of drug-likeness (QED) is 0.345. The fourth-order valence-corrected chi connectivity index (χ4v) is 5.63. The van der Waals surface area contributed by atoms with E-state index < -0.39 is 22.0 Å². The Balaban J connectivity index is 1.42. The predicted molar refractivity (Wildman–Crippen MR) is 151 cm³/mol. The first-order valence-corrected chi connectivity index (χ1v) is 14.6. The average molecular weight is 583 g/mol. The third kappa shape index (κ3) is 8.03. The number of nitrogens with one attached hydrogen (secondary N) is 1. The number of carbonyl (C=O) groups excluding carboxylic acids is 2. The SMILES string of the molecule is COc1ccc(CN(C(=O)COc2ccc(S(=O)(=O)N3CCOCC3)cc2)C(C)C(=O)NCc2ccncc2)cc1. The van der Waals surface area contributed by atoms with E-state index in [1.165, 1.54) is 33.5 Å². The Bertz CT molecular complexity index is 1400. The molecule has 0 radical (unpaired) electrons. The van der Waals surface area contributed by atoms with Crippen molar-refractivity contribution in [3.63, 3.8) is 0 Å². The molecule has 1 aliphatic rings. The Morgan fingerprint density at radius 3 is 2.24 bits per heavy atom. The zero-order chi connectivity index (χ0) is 29.2. The lowest BCUT2D eigenvalue weighted by molar-refractivity contribution is -0.142. The van der Waals surface area contributed by atoms with Crippen LogP contribution in [0.1, 0.15) is 18.1 Å². The summed E-state index contributed by atoms with van der Waals surface area (Å²) in [6, 6.07) is 16.0. The number of hydrogen-bond donors (Lipinski definition) is 1. The lowest BCUT2D eigenvalue weighted by Gasteiger charge is -2.29. The Morgan fingerprint density at radius 1 is 0.976 bits per heavy atom. The summed E-state index contributed by atoms with van der Waals surface area (Å²) in [5, 5.41) is 2.87. The summed E-state index contributed by atoms with van der Waals surface area (Å²) < 4.78 is 43.3. The summed E-state index contributed by atoms with van der Waals surface area (Å²) in [5.41, 5.74) is 1.70. The van der Waals surface area contributed by atoms with Crippen LogP contribution in [-0.4, -0.2) is 80.5 Å². The second kappa shape index (κ2) is 14.1. The van der Waals surface area contributed by atoms with Gasteiger partial charge in [0.2, 0.25) is 15.9 Å². The van der Waals surface area contributed by atoms with E-state index in [0.29, 0.717) is 44.3 Å². The second-order valence-electron chi connectivity index (χ2n) is 9.40. The van der Waals surface area contributed by atoms with Crippen LogP contribution < -0.4 is 14.8 Å². The molecule has 4 rings (SSSR count). The van der Waals surface area contributed by atoms with Gasteiger partial charge < -0.3 is 24.4 Å². The molecular weight excluding hydrogens is 548 g/mol. The van der Waals surface area contributed by atoms with E-state index >= 15 is 0 Å². The van der Waals surface area contributed by atoms with Gasteiger partial charge in [0.15, 0.2) is 6.61 Å². The van der Waals surface area contributed by atoms with Crippen molar-refractivity contribution in [3.8, 4) is 11.5 Å². The maximum atomic E-state index is 13.4. The number of amides is 2. The van der Waals surface area contributed by atoms with Gasteiger partial charge in [-0.25, -0.2) is 8.42 Å². The van der Waals surface area contributed by atoms with Gasteiger partial charge in [-0.2, -0.15) is 4.31 Å². The first-order valence-electron chi connectivity index (χ1n) is 13.2. The highest BCUT2D eigenvalue weighted by molar-refractivity contribution is 7.89. The first-order chi connectivity index (χ1) is 19.8. The molecule has 1 unspecified atom stereocenters. The van der Waals surface area contributed by atoms with Crippen molar-refractivity contribution < 1.29 is 32.2 Å². The van der Waals surface area contributed by atoms with E-state index in [-0.39, 0.29) is 24.0 Å². The molecule has 1 atom stereocenters. The lowest BCUT2D eigenvalue weighted by atomic mass is 10.1. The van der Waals surface area contributed by atoms with Crippen LogP contribution in [-0.2, 0) is 37.4 Å². The predicted octanol–water partition coefficient (Wildman–Crippen LogP) is 2.22. The van der Waals surface area contributed by atoms with Crippen molar-refractivity contribution >= 4 is 21.8 Å². The monoisotopic (exact) mass is 582 g/mol. The number of sulfonamides is 1. The highest BCUT2D eigenvalue weighted by Gasteiger charge is 2.28. The van der Waals surface area contributed by atoms with Gasteiger partial charge in [0, 0.05) is 38.6 Å². The van der Waals surface area contributed by atoms with E-state index in [2.05, 4.69) is 10.3 Å². The number of hydrogen-bond acceptors (Lipinski definition) is 8. The molecule has 0 bridgehead atoms. The Hall–Kier alpha value is -4.00. The minimum absolute atomic E-state index is 0.138. The van der Waals surface area contributed by atoms with Crippen LogP contribution in [0, 0.1) is 0 Å². The number of benzene rings is 2. The largest absolute Gasteiger partial charge is 0.497 e. The molecule has 0 aliphatic carbocycles. The van der Waals surface area contributed by atoms with E-state index in [0.717, 1.165) is 11.1 Å². The molecule has 1 aromatic heterocycles. The summed E-state index contributed by atoms with van der Waals surface area (Å²) in [6.45, 7) is 3.11. The summed E-state index contributed by atoms with van der Waals surface area (Å²) in [7, 11) is -2.07. The number of methoxy groups -OCH3 is 1. The van der Waals surface area contributed by atoms with Crippen molar-refractivity contribution in [2.24, 2.45) is 0 Å². The van der Waals surface area contributed by atoms with Crippen LogP contribution in [0.4, 0.5) is 0 Å². The van der Waals surface area contributed by atoms with E-state index in [9.17, 15) is 18.0 Å². The molecular formula is C29H34N4O7S. The maximum absolute atomic E-state index is 13.4. The Morgan fingerprint density at radius 2 is 1.61 bits per heavy atom. The van der Waals surface area contributed by atoms with E-state index in [1.54, 1.807) is 50.7 Å². The van der Waals surface area contributed by atoms with Crippen LogP contribution in [0.3, 0.4) is 0 Å². The molecule has 1 N–H and O–H groups in total. The van der Waals surface area contributed by atoms with Gasteiger partial charge in [-0.05, 0) is 66.6 Å². The lowest BCUT2D eigenvalue weighted by Crippen LogP contribution is -2.48. The van der Waals surface area contributed by atoms with Crippen LogP contribution in [0.2, 0.25) is 0 Å². The standard InChI is InChI=1S/C29H34N4O7S/c1-22(29(35)31-19-23-11-13-30-14-12-23)33(20-24-3-5-25(38-2)6-4-24)28(34)21-40-26-7-9-27(10-8-26)41(36,37)32-15-17-39-18-16-32/h3-14,22H,15-21H2,1-2H3,(H,31,35). The van der Waals surface area contributed by atoms with E-state index in [4.69, 9.17) is 14.2 Å². The van der Waals surface area contributed by atoms with Crippen molar-refractivity contribution in [1.82, 2.24) is 19.5 Å². The molecule has 11 nitrogen and oxygen atoms in total. The number of nitrogens with zero attached hydrogens (tertiary/aromatic N) is 3. The van der Waals surface area contributed by atoms with Crippen LogP contribution >= 0.6 is 0 Å². The van der Waals surface area contributed by atoms with Gasteiger partial charge in [-0.15, -0.1) is 0 Å². The highest BCUT2D eigenvalue weighted by Crippen LogP contribution is 2.21. The number of carbonyl (C=O) groups is 2. The van der Waals surface area contributed by atoms with Gasteiger partial charge in [0.05, 0.1) is 25.2 Å². The maximum Gasteiger partial charge on any atom is 0.261 e. The molecule has 2 aromatic carbocycles. The van der Waals surface area contributed by atoms with Crippen LogP contribution in [0.25, 0.3) is 0 Å². The number of rotatable bonds is 12. The van der Waals surface area contributed by atoms with Gasteiger partial charge in [-0.1, -0.05) is 12.1 Å². The van der Waals surface area contributed by atoms with E-state index in [1.807, 2.05) is 12.1 Å². The third-order valence-corrected chi connectivity index (χ3v) is 8.60. The number of aromatic nitrogens is 1. The van der Waals surface area contributed by atoms with Crippen molar-refractivity contribution in [3.05, 3.63) is 84.2 Å². The molecule has 3 aromatic rings. The Kier molecular flexibility index (Phi) is 10.3. The van der Waals surface area contributed by atoms with Crippen LogP contribution in [0.5, 0.6) is 11.5 Å². The van der Waals surface area contributed by atoms with Crippen molar-refractivity contribution in [2.45, 2.75) is 31.0 Å². The molecule has 2 heterocycles. The average Bonchev–Trinajstić information content (AvgIpc) is 3.02. The molecule has 218 valence electrons. The van der Waals surface area contributed by atoms with Gasteiger partial charge in [0.1, 0.15) is 17.5 Å². The van der Waals surface area contributed by atoms with Gasteiger partial charge in [0.25, 0.3) is 5.91 Å². The Labute approximate surface area is 240 Å². The summed E-state index contributed by atoms with van der Waals surface area (Å²) in [5.74, 6) is 0.286. The summed E-state index contributed by atoms with van der Waals surface area (Å²) in [4.78, 5) is 32.0. The molecule has 0 spiro atoms. The van der Waals surface area contributed by atoms with Gasteiger partial charge in [-0.3, -0.25) is 14.6 Å². The second-order valence-corrected chi connectivity index (χ2v) is 11.3. The van der Waals surface area contributed by atoms with Crippen molar-refractivity contribution in [2.75, 3.05) is 40.0 Å². The minimum atomic E-state index is -3.64. The van der Waals surface area contributed by atoms with Crippen LogP contribution in [0.15, 0.2) is 78.0 Å². The van der Waals surface area contributed by atoms with Crippen molar-refractivity contribution in [1.29, 1.82) is 0 Å². The first kappa shape index (κ1) is 30.0. The minimum Gasteiger partial charge on any atom is -0.497 e. The zero-order valence-corrected chi connectivity index (χ0v) is 23.9. The zero-order valence-electron chi connectivity index (χ0n) is 23.1. The molecule has 1 aliphatic heterocycles.